The monoisotopic (exact) mass is 333 g/mol. The molecule has 0 bridgehead atoms. The number of carbonyl (C=O) groups excluding carboxylic acids is 1. The molecule has 0 saturated heterocycles. The second kappa shape index (κ2) is 8.76. The Labute approximate surface area is 140 Å². The number of hydrogen-bond acceptors (Lipinski definition) is 4. The van der Waals surface area contributed by atoms with Crippen LogP contribution in [0.4, 0.5) is 4.39 Å². The molecule has 1 amide bonds. The predicted octanol–water partition coefficient (Wildman–Crippen LogP) is 3.04. The van der Waals surface area contributed by atoms with Gasteiger partial charge in [-0.25, -0.2) is 4.39 Å². The van der Waals surface area contributed by atoms with Gasteiger partial charge >= 0.3 is 0 Å². The highest BCUT2D eigenvalue weighted by Gasteiger charge is 2.09. The number of ether oxygens (including phenoxy) is 3. The average molecular weight is 333 g/mol. The van der Waals surface area contributed by atoms with E-state index in [1.165, 1.54) is 19.2 Å². The third-order valence-corrected chi connectivity index (χ3v) is 3.35. The van der Waals surface area contributed by atoms with Crippen molar-refractivity contribution in [2.24, 2.45) is 0 Å². The summed E-state index contributed by atoms with van der Waals surface area (Å²) in [5, 5.41) is 2.72. The quantitative estimate of drug-likeness (QED) is 0.755. The van der Waals surface area contributed by atoms with E-state index in [2.05, 4.69) is 5.32 Å². The van der Waals surface area contributed by atoms with Crippen molar-refractivity contribution in [1.82, 2.24) is 5.32 Å². The van der Waals surface area contributed by atoms with E-state index in [0.29, 0.717) is 19.6 Å². The van der Waals surface area contributed by atoms with Gasteiger partial charge in [0.1, 0.15) is 11.5 Å². The molecule has 0 heterocycles. The van der Waals surface area contributed by atoms with Crippen LogP contribution in [0.1, 0.15) is 16.8 Å². The molecule has 6 heteroatoms. The summed E-state index contributed by atoms with van der Waals surface area (Å²) in [5.41, 5.74) is 0.254. The predicted molar refractivity (Wildman–Crippen MR) is 88.4 cm³/mol. The fourth-order valence-electron chi connectivity index (χ4n) is 2.05. The molecule has 2 rings (SSSR count). The van der Waals surface area contributed by atoms with Crippen molar-refractivity contribution in [2.45, 2.75) is 6.42 Å². The Morgan fingerprint density at radius 2 is 1.75 bits per heavy atom. The molecule has 0 fully saturated rings. The largest absolute Gasteiger partial charge is 0.497 e. The van der Waals surface area contributed by atoms with Crippen molar-refractivity contribution in [2.75, 3.05) is 27.4 Å². The normalized spacial score (nSPS) is 10.1. The van der Waals surface area contributed by atoms with Gasteiger partial charge < -0.3 is 19.5 Å². The molecular formula is C18H20FNO4. The minimum absolute atomic E-state index is 0.111. The van der Waals surface area contributed by atoms with Crippen molar-refractivity contribution in [3.8, 4) is 17.2 Å². The topological polar surface area (TPSA) is 56.8 Å². The lowest BCUT2D eigenvalue weighted by molar-refractivity contribution is 0.0951. The molecule has 2 aromatic carbocycles. The summed E-state index contributed by atoms with van der Waals surface area (Å²) < 4.78 is 29.0. The van der Waals surface area contributed by atoms with Gasteiger partial charge in [-0.05, 0) is 48.9 Å². The number of benzene rings is 2. The van der Waals surface area contributed by atoms with Gasteiger partial charge in [-0.3, -0.25) is 4.79 Å². The van der Waals surface area contributed by atoms with Crippen LogP contribution in [0, 0.1) is 5.82 Å². The van der Waals surface area contributed by atoms with Crippen LogP contribution in [0.25, 0.3) is 0 Å². The molecular weight excluding hydrogens is 313 g/mol. The molecule has 0 aliphatic carbocycles. The third-order valence-electron chi connectivity index (χ3n) is 3.35. The van der Waals surface area contributed by atoms with E-state index in [1.807, 2.05) is 24.3 Å². The fourth-order valence-corrected chi connectivity index (χ4v) is 2.05. The van der Waals surface area contributed by atoms with Crippen LogP contribution < -0.4 is 19.5 Å². The fraction of sp³-hybridized carbons (Fsp3) is 0.278. The highest BCUT2D eigenvalue weighted by Crippen LogP contribution is 2.18. The number of carbonyl (C=O) groups is 1. The Morgan fingerprint density at radius 3 is 2.38 bits per heavy atom. The smallest absolute Gasteiger partial charge is 0.251 e. The van der Waals surface area contributed by atoms with Gasteiger partial charge in [0, 0.05) is 12.1 Å². The second-order valence-electron chi connectivity index (χ2n) is 4.98. The molecule has 0 aromatic heterocycles. The van der Waals surface area contributed by atoms with Gasteiger partial charge in [0.15, 0.2) is 11.6 Å². The number of methoxy groups -OCH3 is 2. The minimum Gasteiger partial charge on any atom is -0.497 e. The van der Waals surface area contributed by atoms with Gasteiger partial charge in [-0.15, -0.1) is 0 Å². The van der Waals surface area contributed by atoms with Gasteiger partial charge in [-0.1, -0.05) is 0 Å². The van der Waals surface area contributed by atoms with E-state index >= 15 is 0 Å². The minimum atomic E-state index is -0.562. The van der Waals surface area contributed by atoms with Crippen LogP contribution in [0.3, 0.4) is 0 Å². The molecule has 0 aliphatic heterocycles. The number of rotatable bonds is 8. The van der Waals surface area contributed by atoms with Crippen LogP contribution in [0.5, 0.6) is 17.2 Å². The summed E-state index contributed by atoms with van der Waals surface area (Å²) in [6, 6.07) is 11.4. The van der Waals surface area contributed by atoms with Gasteiger partial charge in [-0.2, -0.15) is 0 Å². The van der Waals surface area contributed by atoms with Crippen LogP contribution in [0.2, 0.25) is 0 Å². The summed E-state index contributed by atoms with van der Waals surface area (Å²) in [5.74, 6) is 0.717. The van der Waals surface area contributed by atoms with Crippen LogP contribution in [-0.4, -0.2) is 33.3 Å². The first-order chi connectivity index (χ1) is 11.6. The van der Waals surface area contributed by atoms with Crippen molar-refractivity contribution < 1.29 is 23.4 Å². The molecule has 24 heavy (non-hydrogen) atoms. The molecule has 128 valence electrons. The van der Waals surface area contributed by atoms with E-state index in [1.54, 1.807) is 7.11 Å². The second-order valence-corrected chi connectivity index (χ2v) is 4.98. The Balaban J connectivity index is 1.71. The Hall–Kier alpha value is -2.76. The van der Waals surface area contributed by atoms with Crippen molar-refractivity contribution in [3.63, 3.8) is 0 Å². The Bertz CT molecular complexity index is 673. The summed E-state index contributed by atoms with van der Waals surface area (Å²) in [6.45, 7) is 0.895. The third kappa shape index (κ3) is 4.87. The zero-order chi connectivity index (χ0) is 17.4. The molecule has 0 radical (unpaired) electrons. The van der Waals surface area contributed by atoms with E-state index in [0.717, 1.165) is 17.6 Å². The number of amides is 1. The lowest BCUT2D eigenvalue weighted by Gasteiger charge is -2.09. The lowest BCUT2D eigenvalue weighted by atomic mass is 10.2. The maximum absolute atomic E-state index is 13.6. The maximum atomic E-state index is 13.6. The first-order valence-corrected chi connectivity index (χ1v) is 7.52. The summed E-state index contributed by atoms with van der Waals surface area (Å²) >= 11 is 0. The highest BCUT2D eigenvalue weighted by molar-refractivity contribution is 5.94. The molecule has 1 N–H and O–H groups in total. The van der Waals surface area contributed by atoms with Crippen molar-refractivity contribution in [1.29, 1.82) is 0 Å². The Kier molecular flexibility index (Phi) is 6.42. The summed E-state index contributed by atoms with van der Waals surface area (Å²) in [6.07, 6.45) is 0.635. The lowest BCUT2D eigenvalue weighted by Crippen LogP contribution is -2.25. The van der Waals surface area contributed by atoms with Gasteiger partial charge in [0.2, 0.25) is 0 Å². The first kappa shape index (κ1) is 17.6. The Morgan fingerprint density at radius 1 is 1.04 bits per heavy atom. The SMILES string of the molecule is COc1ccc(OCCCNC(=O)c2ccc(OC)c(F)c2)cc1. The van der Waals surface area contributed by atoms with Crippen LogP contribution in [0.15, 0.2) is 42.5 Å². The first-order valence-electron chi connectivity index (χ1n) is 7.52. The summed E-state index contributed by atoms with van der Waals surface area (Å²) in [7, 11) is 2.98. The molecule has 2 aromatic rings. The van der Waals surface area contributed by atoms with Gasteiger partial charge in [0.25, 0.3) is 5.91 Å². The highest BCUT2D eigenvalue weighted by atomic mass is 19.1. The average Bonchev–Trinajstić information content (AvgIpc) is 2.61. The zero-order valence-corrected chi connectivity index (χ0v) is 13.7. The van der Waals surface area contributed by atoms with E-state index < -0.39 is 5.82 Å². The van der Waals surface area contributed by atoms with Crippen molar-refractivity contribution >= 4 is 5.91 Å². The zero-order valence-electron chi connectivity index (χ0n) is 13.7. The molecule has 0 unspecified atom stereocenters. The van der Waals surface area contributed by atoms with Crippen LogP contribution in [-0.2, 0) is 0 Å². The molecule has 0 saturated carbocycles. The molecule has 0 atom stereocenters. The number of halogens is 1. The van der Waals surface area contributed by atoms with E-state index in [-0.39, 0.29) is 17.2 Å². The van der Waals surface area contributed by atoms with Gasteiger partial charge in [0.05, 0.1) is 20.8 Å². The van der Waals surface area contributed by atoms with E-state index in [4.69, 9.17) is 14.2 Å². The number of nitrogens with one attached hydrogen (secondary N) is 1. The molecule has 5 nitrogen and oxygen atoms in total. The molecule has 0 aliphatic rings. The standard InChI is InChI=1S/C18H20FNO4/c1-22-14-5-7-15(8-6-14)24-11-3-10-20-18(21)13-4-9-17(23-2)16(19)12-13/h4-9,12H,3,10-11H2,1-2H3,(H,20,21). The van der Waals surface area contributed by atoms with E-state index in [9.17, 15) is 9.18 Å². The van der Waals surface area contributed by atoms with Crippen molar-refractivity contribution in [3.05, 3.63) is 53.8 Å². The summed E-state index contributed by atoms with van der Waals surface area (Å²) in [4.78, 5) is 11.9. The maximum Gasteiger partial charge on any atom is 0.251 e. The number of hydrogen-bond donors (Lipinski definition) is 1. The van der Waals surface area contributed by atoms with Crippen LogP contribution >= 0.6 is 0 Å². The molecule has 0 spiro atoms.